The van der Waals surface area contributed by atoms with Crippen molar-refractivity contribution in [2.45, 2.75) is 32.4 Å². The second-order valence-corrected chi connectivity index (χ2v) is 11.4. The van der Waals surface area contributed by atoms with Gasteiger partial charge in [-0.3, -0.25) is 9.59 Å². The minimum absolute atomic E-state index is 0.0998. The summed E-state index contributed by atoms with van der Waals surface area (Å²) in [7, 11) is 1.79. The number of rotatable bonds is 6. The van der Waals surface area contributed by atoms with Crippen molar-refractivity contribution in [1.29, 1.82) is 0 Å². The lowest BCUT2D eigenvalue weighted by molar-refractivity contribution is -0.112. The van der Waals surface area contributed by atoms with Gasteiger partial charge in [-0.2, -0.15) is 0 Å². The molecule has 10 nitrogen and oxygen atoms in total. The molecule has 10 heteroatoms. The number of fused-ring (bicyclic) bond motifs is 3. The average molecular weight is 567 g/mol. The number of amides is 1. The van der Waals surface area contributed by atoms with Crippen LogP contribution in [0.1, 0.15) is 35.6 Å². The van der Waals surface area contributed by atoms with E-state index in [0.717, 1.165) is 35.6 Å². The summed E-state index contributed by atoms with van der Waals surface area (Å²) in [5, 5.41) is 13.0. The van der Waals surface area contributed by atoms with Gasteiger partial charge in [0.15, 0.2) is 0 Å². The van der Waals surface area contributed by atoms with Crippen molar-refractivity contribution in [3.63, 3.8) is 0 Å². The third kappa shape index (κ3) is 5.09. The fraction of sp³-hybridized carbons (Fsp3) is 0.312. The number of anilines is 3. The third-order valence-electron chi connectivity index (χ3n) is 8.05. The molecule has 4 heterocycles. The van der Waals surface area contributed by atoms with E-state index in [2.05, 4.69) is 25.1 Å². The van der Waals surface area contributed by atoms with Crippen LogP contribution in [-0.2, 0) is 17.4 Å². The van der Waals surface area contributed by atoms with Crippen LogP contribution in [0.3, 0.4) is 0 Å². The second kappa shape index (κ2) is 10.6. The number of hydrogen-bond donors (Lipinski definition) is 2. The number of Topliss-reactive ketones (excluding diaryl/α,β-unsaturated/α-hetero) is 1. The number of aromatic nitrogens is 3. The Kier molecular flexibility index (Phi) is 6.94. The van der Waals surface area contributed by atoms with Gasteiger partial charge in [0.05, 0.1) is 17.3 Å². The van der Waals surface area contributed by atoms with E-state index in [9.17, 15) is 14.7 Å². The van der Waals surface area contributed by atoms with Gasteiger partial charge in [-0.15, -0.1) is 0 Å². The summed E-state index contributed by atoms with van der Waals surface area (Å²) in [5.74, 6) is -0.0151. The highest BCUT2D eigenvalue weighted by Gasteiger charge is 2.34. The Hall–Kier alpha value is -4.70. The van der Waals surface area contributed by atoms with Crippen molar-refractivity contribution < 1.29 is 19.4 Å². The van der Waals surface area contributed by atoms with E-state index in [-0.39, 0.29) is 6.04 Å². The van der Waals surface area contributed by atoms with E-state index in [1.165, 1.54) is 0 Å². The maximum Gasteiger partial charge on any atom is 0.298 e. The van der Waals surface area contributed by atoms with Gasteiger partial charge in [0.1, 0.15) is 18.1 Å². The Morgan fingerprint density at radius 1 is 1.05 bits per heavy atom. The van der Waals surface area contributed by atoms with Gasteiger partial charge < -0.3 is 29.5 Å². The summed E-state index contributed by atoms with van der Waals surface area (Å²) in [6.45, 7) is 7.96. The standard InChI is InChI=1S/C32H34N6O4/c1-20-14-25(21-8-6-5-7-9-21)28(36(20)4)29(39)30(40)35-23-10-11-26-27(15-23)42-19-24-18-37(12-13-38(24)26)31-33-16-22(17-34-31)32(2,3)41/h5-11,14-17,24,41H,12-13,18-19H2,1-4H3,(H,35,40). The van der Waals surface area contributed by atoms with Crippen LogP contribution in [0.5, 0.6) is 5.75 Å². The normalized spacial score (nSPS) is 16.4. The molecule has 1 saturated heterocycles. The molecule has 2 aromatic heterocycles. The molecule has 216 valence electrons. The molecule has 2 aromatic carbocycles. The number of benzene rings is 2. The first-order valence-electron chi connectivity index (χ1n) is 14.0. The van der Waals surface area contributed by atoms with Crippen LogP contribution >= 0.6 is 0 Å². The summed E-state index contributed by atoms with van der Waals surface area (Å²) < 4.78 is 7.88. The number of ketones is 1. The van der Waals surface area contributed by atoms with Gasteiger partial charge in [-0.1, -0.05) is 30.3 Å². The highest BCUT2D eigenvalue weighted by atomic mass is 16.5. The fourth-order valence-corrected chi connectivity index (χ4v) is 5.57. The van der Waals surface area contributed by atoms with Crippen molar-refractivity contribution in [1.82, 2.24) is 14.5 Å². The van der Waals surface area contributed by atoms with E-state index in [0.29, 0.717) is 41.8 Å². The Bertz CT molecular complexity index is 1640. The second-order valence-electron chi connectivity index (χ2n) is 11.4. The monoisotopic (exact) mass is 566 g/mol. The van der Waals surface area contributed by atoms with Gasteiger partial charge in [0, 0.05) is 67.7 Å². The topological polar surface area (TPSA) is 113 Å². The van der Waals surface area contributed by atoms with Crippen molar-refractivity contribution in [3.8, 4) is 16.9 Å². The summed E-state index contributed by atoms with van der Waals surface area (Å²) in [6, 6.07) is 17.1. The van der Waals surface area contributed by atoms with E-state index in [1.807, 2.05) is 49.4 Å². The molecule has 1 fully saturated rings. The number of nitrogens with one attached hydrogen (secondary N) is 1. The van der Waals surface area contributed by atoms with Crippen molar-refractivity contribution in [2.75, 3.05) is 41.4 Å². The van der Waals surface area contributed by atoms with E-state index >= 15 is 0 Å². The Morgan fingerprint density at radius 2 is 1.79 bits per heavy atom. The average Bonchev–Trinajstić information content (AvgIpc) is 3.29. The summed E-state index contributed by atoms with van der Waals surface area (Å²) >= 11 is 0. The number of carbonyl (C=O) groups excluding carboxylic acids is 2. The largest absolute Gasteiger partial charge is 0.489 e. The molecule has 2 aliphatic rings. The van der Waals surface area contributed by atoms with Gasteiger partial charge in [-0.25, -0.2) is 9.97 Å². The molecule has 1 amide bonds. The summed E-state index contributed by atoms with van der Waals surface area (Å²) in [5.41, 5.74) is 3.97. The predicted molar refractivity (Wildman–Crippen MR) is 161 cm³/mol. The first-order chi connectivity index (χ1) is 20.1. The maximum absolute atomic E-state index is 13.4. The number of aliphatic hydroxyl groups is 1. The molecular weight excluding hydrogens is 532 g/mol. The molecular formula is C32H34N6O4. The minimum Gasteiger partial charge on any atom is -0.489 e. The molecule has 0 radical (unpaired) electrons. The number of aryl methyl sites for hydroxylation is 1. The lowest BCUT2D eigenvalue weighted by atomic mass is 10.0. The fourth-order valence-electron chi connectivity index (χ4n) is 5.57. The molecule has 0 spiro atoms. The highest BCUT2D eigenvalue weighted by molar-refractivity contribution is 6.47. The quantitative estimate of drug-likeness (QED) is 0.267. The van der Waals surface area contributed by atoms with Gasteiger partial charge in [0.2, 0.25) is 5.95 Å². The molecule has 0 aliphatic carbocycles. The number of hydrogen-bond acceptors (Lipinski definition) is 8. The number of nitrogens with zero attached hydrogens (tertiary/aromatic N) is 5. The first kappa shape index (κ1) is 27.5. The molecule has 42 heavy (non-hydrogen) atoms. The van der Waals surface area contributed by atoms with Crippen LogP contribution in [0, 0.1) is 6.92 Å². The van der Waals surface area contributed by atoms with Crippen LogP contribution in [0.4, 0.5) is 17.3 Å². The zero-order valence-corrected chi connectivity index (χ0v) is 24.2. The SMILES string of the molecule is Cc1cc(-c2ccccc2)c(C(=O)C(=O)Nc2ccc3c(c2)OCC2CN(c4ncc(C(C)(C)O)cn4)CCN32)n1C. The van der Waals surface area contributed by atoms with Crippen molar-refractivity contribution >= 4 is 29.0 Å². The third-order valence-corrected chi connectivity index (χ3v) is 8.05. The summed E-state index contributed by atoms with van der Waals surface area (Å²) in [4.78, 5) is 39.9. The molecule has 6 rings (SSSR count). The van der Waals surface area contributed by atoms with Crippen LogP contribution in [0.2, 0.25) is 0 Å². The number of piperazine rings is 1. The molecule has 2 N–H and O–H groups in total. The van der Waals surface area contributed by atoms with Crippen LogP contribution in [0.25, 0.3) is 11.1 Å². The lowest BCUT2D eigenvalue weighted by Gasteiger charge is -2.45. The molecule has 2 aliphatic heterocycles. The van der Waals surface area contributed by atoms with Gasteiger partial charge in [-0.05, 0) is 44.5 Å². The smallest absolute Gasteiger partial charge is 0.298 e. The number of carbonyl (C=O) groups is 2. The van der Waals surface area contributed by atoms with Crippen molar-refractivity contribution in [3.05, 3.63) is 83.9 Å². The Balaban J connectivity index is 1.15. The van der Waals surface area contributed by atoms with E-state index in [1.54, 1.807) is 50.0 Å². The van der Waals surface area contributed by atoms with Gasteiger partial charge >= 0.3 is 0 Å². The molecule has 0 saturated carbocycles. The first-order valence-corrected chi connectivity index (χ1v) is 14.0. The summed E-state index contributed by atoms with van der Waals surface area (Å²) in [6.07, 6.45) is 3.34. The zero-order valence-electron chi connectivity index (χ0n) is 24.2. The highest BCUT2D eigenvalue weighted by Crippen LogP contribution is 2.38. The van der Waals surface area contributed by atoms with E-state index < -0.39 is 17.3 Å². The van der Waals surface area contributed by atoms with Crippen LogP contribution < -0.4 is 19.9 Å². The molecule has 1 unspecified atom stereocenters. The molecule has 4 aromatic rings. The number of ether oxygens (including phenoxy) is 1. The molecule has 0 bridgehead atoms. The lowest BCUT2D eigenvalue weighted by Crippen LogP contribution is -2.57. The Morgan fingerprint density at radius 3 is 2.50 bits per heavy atom. The molecule has 1 atom stereocenters. The Labute approximate surface area is 244 Å². The maximum atomic E-state index is 13.4. The minimum atomic E-state index is -0.991. The van der Waals surface area contributed by atoms with Crippen LogP contribution in [-0.4, -0.2) is 63.6 Å². The van der Waals surface area contributed by atoms with Gasteiger partial charge in [0.25, 0.3) is 11.7 Å². The van der Waals surface area contributed by atoms with E-state index in [4.69, 9.17) is 4.74 Å². The van der Waals surface area contributed by atoms with Crippen LogP contribution in [0.15, 0.2) is 67.0 Å². The van der Waals surface area contributed by atoms with Crippen molar-refractivity contribution in [2.24, 2.45) is 7.05 Å². The zero-order chi connectivity index (χ0) is 29.6. The predicted octanol–water partition coefficient (Wildman–Crippen LogP) is 3.93.